The molecule has 0 spiro atoms. The Hall–Kier alpha value is -1.02. The van der Waals surface area contributed by atoms with E-state index in [-0.39, 0.29) is 0 Å². The first-order valence-electron chi connectivity index (χ1n) is 6.11. The maximum atomic E-state index is 12.7. The van der Waals surface area contributed by atoms with Crippen LogP contribution in [0.5, 0.6) is 11.5 Å². The van der Waals surface area contributed by atoms with Crippen molar-refractivity contribution in [2.45, 2.75) is 12.4 Å². The van der Waals surface area contributed by atoms with Crippen molar-refractivity contribution in [3.63, 3.8) is 0 Å². The van der Waals surface area contributed by atoms with Gasteiger partial charge in [0.05, 0.1) is 31.2 Å². The van der Waals surface area contributed by atoms with Crippen LogP contribution in [0.2, 0.25) is 20.1 Å². The Kier molecular flexibility index (Phi) is 5.64. The predicted octanol–water partition coefficient (Wildman–Crippen LogP) is 8.13. The molecule has 0 aliphatic rings. The van der Waals surface area contributed by atoms with Crippen LogP contribution in [0.15, 0.2) is 24.3 Å². The Morgan fingerprint density at radius 3 is 1.00 bits per heavy atom. The minimum atomic E-state index is -4.70. The summed E-state index contributed by atoms with van der Waals surface area (Å²) in [5.74, 6) is -0.861. The largest absolute Gasteiger partial charge is 0.451 e. The van der Waals surface area contributed by atoms with Crippen molar-refractivity contribution in [3.05, 3.63) is 55.5 Å². The molecule has 0 aliphatic heterocycles. The van der Waals surface area contributed by atoms with E-state index in [1.807, 2.05) is 0 Å². The molecule has 0 aliphatic carbocycles. The Morgan fingerprint density at radius 1 is 0.560 bits per heavy atom. The van der Waals surface area contributed by atoms with E-state index >= 15 is 0 Å². The molecule has 0 bridgehead atoms. The highest BCUT2D eigenvalue weighted by Crippen LogP contribution is 2.46. The number of rotatable bonds is 2. The van der Waals surface area contributed by atoms with E-state index in [9.17, 15) is 26.3 Å². The molecule has 0 amide bonds. The first-order valence-corrected chi connectivity index (χ1v) is 7.62. The maximum Gasteiger partial charge on any atom is 0.416 e. The minimum absolute atomic E-state index is 0.431. The number of hydrogen-bond acceptors (Lipinski definition) is 1. The van der Waals surface area contributed by atoms with Gasteiger partial charge in [0.2, 0.25) is 0 Å². The van der Waals surface area contributed by atoms with Crippen molar-refractivity contribution in [2.75, 3.05) is 0 Å². The van der Waals surface area contributed by atoms with Gasteiger partial charge in [-0.2, -0.15) is 26.3 Å². The summed E-state index contributed by atoms with van der Waals surface area (Å²) < 4.78 is 81.3. The summed E-state index contributed by atoms with van der Waals surface area (Å²) in [7, 11) is 0. The minimum Gasteiger partial charge on any atom is -0.451 e. The fourth-order valence-electron chi connectivity index (χ4n) is 1.74. The van der Waals surface area contributed by atoms with E-state index in [4.69, 9.17) is 51.1 Å². The summed E-state index contributed by atoms with van der Waals surface area (Å²) in [5, 5.41) is -2.09. The molecule has 0 unspecified atom stereocenters. The molecule has 11 heteroatoms. The van der Waals surface area contributed by atoms with Crippen LogP contribution in [0.25, 0.3) is 0 Å². The zero-order valence-electron chi connectivity index (χ0n) is 11.5. The fourth-order valence-corrected chi connectivity index (χ4v) is 2.87. The zero-order valence-corrected chi connectivity index (χ0v) is 14.5. The van der Waals surface area contributed by atoms with Gasteiger partial charge in [-0.3, -0.25) is 0 Å². The van der Waals surface area contributed by atoms with Gasteiger partial charge in [-0.1, -0.05) is 46.4 Å². The van der Waals surface area contributed by atoms with Crippen molar-refractivity contribution < 1.29 is 31.1 Å². The lowest BCUT2D eigenvalue weighted by Crippen LogP contribution is -2.06. The number of ether oxygens (including phenoxy) is 1. The van der Waals surface area contributed by atoms with Crippen LogP contribution in [0, 0.1) is 0 Å². The predicted molar refractivity (Wildman–Crippen MR) is 83.0 cm³/mol. The maximum absolute atomic E-state index is 12.7. The quantitative estimate of drug-likeness (QED) is 0.425. The van der Waals surface area contributed by atoms with E-state index in [0.29, 0.717) is 24.3 Å². The van der Waals surface area contributed by atoms with Crippen LogP contribution >= 0.6 is 46.4 Å². The molecule has 0 N–H and O–H groups in total. The summed E-state index contributed by atoms with van der Waals surface area (Å²) >= 11 is 22.9. The highest BCUT2D eigenvalue weighted by molar-refractivity contribution is 6.38. The second-order valence-electron chi connectivity index (χ2n) is 4.64. The molecule has 2 aromatic carbocycles. The molecule has 2 rings (SSSR count). The molecule has 0 saturated carbocycles. The third kappa shape index (κ3) is 4.58. The SMILES string of the molecule is FC(F)(F)c1cc(Cl)c(Oc2c(Cl)cc(C(F)(F)F)cc2Cl)c(Cl)c1. The number of hydrogen-bond donors (Lipinski definition) is 0. The van der Waals surface area contributed by atoms with Crippen molar-refractivity contribution in [2.24, 2.45) is 0 Å². The molecule has 0 fully saturated rings. The van der Waals surface area contributed by atoms with Crippen molar-refractivity contribution in [1.29, 1.82) is 0 Å². The van der Waals surface area contributed by atoms with Gasteiger partial charge in [0.15, 0.2) is 11.5 Å². The standard InChI is InChI=1S/C14H4Cl4F6O/c15-7-1-5(13(19,20)21)2-8(16)11(7)25-12-9(17)3-6(4-10(12)18)14(22,23)24/h1-4H. The molecule has 0 radical (unpaired) electrons. The lowest BCUT2D eigenvalue weighted by Gasteiger charge is -2.16. The zero-order chi connectivity index (χ0) is 19.2. The van der Waals surface area contributed by atoms with E-state index in [0.717, 1.165) is 0 Å². The molecule has 0 heterocycles. The van der Waals surface area contributed by atoms with Gasteiger partial charge in [-0.05, 0) is 24.3 Å². The summed E-state index contributed by atoms with van der Waals surface area (Å²) in [6.45, 7) is 0. The van der Waals surface area contributed by atoms with Gasteiger partial charge in [-0.25, -0.2) is 0 Å². The number of benzene rings is 2. The molecule has 1 nitrogen and oxygen atoms in total. The van der Waals surface area contributed by atoms with E-state index in [1.165, 1.54) is 0 Å². The first kappa shape index (κ1) is 20.3. The smallest absolute Gasteiger partial charge is 0.416 e. The van der Waals surface area contributed by atoms with Crippen LogP contribution < -0.4 is 4.74 Å². The van der Waals surface area contributed by atoms with Crippen LogP contribution in [0.4, 0.5) is 26.3 Å². The van der Waals surface area contributed by atoms with Crippen LogP contribution in [0.3, 0.4) is 0 Å². The Morgan fingerprint density at radius 2 is 0.800 bits per heavy atom. The summed E-state index contributed by atoms with van der Waals surface area (Å²) in [4.78, 5) is 0. The first-order chi connectivity index (χ1) is 11.3. The Bertz CT molecular complexity index is 702. The second kappa shape index (κ2) is 6.95. The monoisotopic (exact) mass is 442 g/mol. The summed E-state index contributed by atoms with van der Waals surface area (Å²) in [6, 6.07) is 2.20. The van der Waals surface area contributed by atoms with Crippen LogP contribution in [-0.2, 0) is 12.4 Å². The normalized spacial score (nSPS) is 12.4. The third-order valence-corrected chi connectivity index (χ3v) is 3.98. The topological polar surface area (TPSA) is 9.23 Å². The molecule has 2 aromatic rings. The van der Waals surface area contributed by atoms with Crippen LogP contribution in [0.1, 0.15) is 11.1 Å². The average molecular weight is 444 g/mol. The highest BCUT2D eigenvalue weighted by atomic mass is 35.5. The molecular weight excluding hydrogens is 440 g/mol. The van der Waals surface area contributed by atoms with E-state index in [1.54, 1.807) is 0 Å². The molecule has 0 saturated heterocycles. The second-order valence-corrected chi connectivity index (χ2v) is 6.26. The van der Waals surface area contributed by atoms with Crippen molar-refractivity contribution in [3.8, 4) is 11.5 Å². The Balaban J connectivity index is 2.48. The van der Waals surface area contributed by atoms with Crippen molar-refractivity contribution >= 4 is 46.4 Å². The summed E-state index contributed by atoms with van der Waals surface area (Å²) in [5.41, 5.74) is -2.25. The Labute approximate surface area is 157 Å². The molecule has 136 valence electrons. The molecular formula is C14H4Cl4F6O. The van der Waals surface area contributed by atoms with E-state index < -0.39 is 55.1 Å². The lowest BCUT2D eigenvalue weighted by atomic mass is 10.2. The molecule has 25 heavy (non-hydrogen) atoms. The van der Waals surface area contributed by atoms with Gasteiger partial charge in [0.1, 0.15) is 0 Å². The summed E-state index contributed by atoms with van der Waals surface area (Å²) in [6.07, 6.45) is -9.40. The van der Waals surface area contributed by atoms with Gasteiger partial charge in [0, 0.05) is 0 Å². The fraction of sp³-hybridized carbons (Fsp3) is 0.143. The lowest BCUT2D eigenvalue weighted by molar-refractivity contribution is -0.138. The number of alkyl halides is 6. The van der Waals surface area contributed by atoms with E-state index in [2.05, 4.69) is 0 Å². The van der Waals surface area contributed by atoms with Crippen LogP contribution in [-0.4, -0.2) is 0 Å². The highest BCUT2D eigenvalue weighted by Gasteiger charge is 2.34. The van der Waals surface area contributed by atoms with Gasteiger partial charge in [-0.15, -0.1) is 0 Å². The van der Waals surface area contributed by atoms with Crippen molar-refractivity contribution in [1.82, 2.24) is 0 Å². The third-order valence-electron chi connectivity index (χ3n) is 2.86. The van der Waals surface area contributed by atoms with Gasteiger partial charge >= 0.3 is 12.4 Å². The van der Waals surface area contributed by atoms with Gasteiger partial charge < -0.3 is 4.74 Å². The molecule has 0 aromatic heterocycles. The molecule has 0 atom stereocenters. The number of halogens is 10. The van der Waals surface area contributed by atoms with Gasteiger partial charge in [0.25, 0.3) is 0 Å². The average Bonchev–Trinajstić information content (AvgIpc) is 2.42.